The third-order valence-corrected chi connectivity index (χ3v) is 13.3. The number of hydrogen-bond donors (Lipinski definition) is 2. The minimum atomic E-state index is -1.88. The zero-order valence-electron chi connectivity index (χ0n) is 25.5. The molecule has 1 fully saturated rings. The van der Waals surface area contributed by atoms with E-state index in [9.17, 15) is 15.0 Å². The summed E-state index contributed by atoms with van der Waals surface area (Å²) in [7, 11) is -1.88. The van der Waals surface area contributed by atoms with Crippen molar-refractivity contribution in [2.24, 2.45) is 11.8 Å². The average Bonchev–Trinajstić information content (AvgIpc) is 3.22. The molecule has 222 valence electrons. The first-order valence-electron chi connectivity index (χ1n) is 15.4. The standard InChI is InChI=1S/C33H56O5Si/c1-7-8-11-19-28(38-39(5,6)33(2,3)4)22-23-29-27(21-24-30(29)34)18-14-10-15-20-31(32(35)36)37-25-26-16-12-9-13-17-26/h9,12-13,16-17,22-23,27-31,34H,7-8,10-11,14-15,18-21,24-25H2,1-6H3,(H,35,36)/b23-22+/t27-,28?,29+,30+,31?/m0/s1. The minimum absolute atomic E-state index is 0.120. The number of carbonyl (C=O) groups is 1. The smallest absolute Gasteiger partial charge is 0.332 e. The SMILES string of the molecule is CCCCCC(/C=C/[C@@H]1[C@@H](CCCCCC(OCc2ccccc2)C(=O)O)CC[C@H]1O)O[Si](C)(C)C(C)(C)C. The molecule has 5 atom stereocenters. The zero-order chi connectivity index (χ0) is 28.9. The highest BCUT2D eigenvalue weighted by molar-refractivity contribution is 6.74. The van der Waals surface area contributed by atoms with Crippen LogP contribution in [0.2, 0.25) is 18.1 Å². The molecular formula is C33H56O5Si. The predicted molar refractivity (Wildman–Crippen MR) is 163 cm³/mol. The zero-order valence-corrected chi connectivity index (χ0v) is 26.5. The van der Waals surface area contributed by atoms with Crippen LogP contribution < -0.4 is 0 Å². The summed E-state index contributed by atoms with van der Waals surface area (Å²) in [5.74, 6) is -0.226. The van der Waals surface area contributed by atoms with Crippen molar-refractivity contribution in [1.29, 1.82) is 0 Å². The van der Waals surface area contributed by atoms with Crippen LogP contribution in [0, 0.1) is 11.8 Å². The molecule has 1 aliphatic carbocycles. The number of ether oxygens (including phenoxy) is 1. The van der Waals surface area contributed by atoms with Gasteiger partial charge in [0.15, 0.2) is 14.4 Å². The summed E-state index contributed by atoms with van der Waals surface area (Å²) < 4.78 is 12.5. The number of rotatable bonds is 18. The largest absolute Gasteiger partial charge is 0.479 e. The van der Waals surface area contributed by atoms with Crippen LogP contribution in [0.25, 0.3) is 0 Å². The molecule has 0 bridgehead atoms. The van der Waals surface area contributed by atoms with Crippen LogP contribution in [-0.2, 0) is 20.6 Å². The fourth-order valence-electron chi connectivity index (χ4n) is 5.27. The van der Waals surface area contributed by atoms with E-state index in [1.807, 2.05) is 30.3 Å². The maximum atomic E-state index is 11.7. The lowest BCUT2D eigenvalue weighted by Gasteiger charge is -2.39. The van der Waals surface area contributed by atoms with Crippen LogP contribution in [-0.4, -0.2) is 42.8 Å². The summed E-state index contributed by atoms with van der Waals surface area (Å²) in [5.41, 5.74) is 0.991. The fraction of sp³-hybridized carbons (Fsp3) is 0.727. The van der Waals surface area contributed by atoms with Crippen molar-refractivity contribution in [2.75, 3.05) is 0 Å². The van der Waals surface area contributed by atoms with Crippen molar-refractivity contribution in [2.45, 2.75) is 141 Å². The van der Waals surface area contributed by atoms with Gasteiger partial charge in [0, 0.05) is 5.92 Å². The van der Waals surface area contributed by atoms with Crippen LogP contribution in [0.1, 0.15) is 104 Å². The molecule has 1 saturated carbocycles. The molecular weight excluding hydrogens is 504 g/mol. The Labute approximate surface area is 239 Å². The van der Waals surface area contributed by atoms with Crippen molar-refractivity contribution in [3.8, 4) is 0 Å². The Hall–Kier alpha value is -1.47. The second-order valence-corrected chi connectivity index (χ2v) is 17.8. The van der Waals surface area contributed by atoms with Gasteiger partial charge in [-0.05, 0) is 61.7 Å². The highest BCUT2D eigenvalue weighted by Gasteiger charge is 2.39. The van der Waals surface area contributed by atoms with E-state index in [-0.39, 0.29) is 23.2 Å². The molecule has 2 N–H and O–H groups in total. The molecule has 0 spiro atoms. The van der Waals surface area contributed by atoms with Gasteiger partial charge in [-0.15, -0.1) is 0 Å². The third-order valence-electron chi connectivity index (χ3n) is 8.82. The summed E-state index contributed by atoms with van der Waals surface area (Å²) in [5, 5.41) is 20.5. The molecule has 0 heterocycles. The maximum absolute atomic E-state index is 11.7. The van der Waals surface area contributed by atoms with Crippen LogP contribution in [0.4, 0.5) is 0 Å². The van der Waals surface area contributed by atoms with Gasteiger partial charge in [0.25, 0.3) is 0 Å². The first kappa shape index (κ1) is 33.7. The molecule has 0 aromatic heterocycles. The third kappa shape index (κ3) is 11.9. The molecule has 1 aromatic rings. The highest BCUT2D eigenvalue weighted by Crippen LogP contribution is 2.39. The van der Waals surface area contributed by atoms with E-state index in [0.717, 1.165) is 50.5 Å². The molecule has 0 amide bonds. The first-order valence-corrected chi connectivity index (χ1v) is 18.3. The number of hydrogen-bond acceptors (Lipinski definition) is 4. The van der Waals surface area contributed by atoms with Gasteiger partial charge in [0.05, 0.1) is 18.8 Å². The van der Waals surface area contributed by atoms with E-state index in [4.69, 9.17) is 9.16 Å². The fourth-order valence-corrected chi connectivity index (χ4v) is 6.57. The van der Waals surface area contributed by atoms with E-state index in [1.54, 1.807) is 0 Å². The normalized spacial score (nSPS) is 21.9. The van der Waals surface area contributed by atoms with Gasteiger partial charge >= 0.3 is 5.97 Å². The van der Waals surface area contributed by atoms with E-state index in [0.29, 0.717) is 18.9 Å². The summed E-state index contributed by atoms with van der Waals surface area (Å²) in [4.78, 5) is 11.7. The van der Waals surface area contributed by atoms with E-state index in [1.165, 1.54) is 19.3 Å². The highest BCUT2D eigenvalue weighted by atomic mass is 28.4. The first-order chi connectivity index (χ1) is 18.4. The molecule has 5 nitrogen and oxygen atoms in total. The van der Waals surface area contributed by atoms with Gasteiger partial charge in [-0.1, -0.05) is 109 Å². The summed E-state index contributed by atoms with van der Waals surface area (Å²) in [6.45, 7) is 14.1. The summed E-state index contributed by atoms with van der Waals surface area (Å²) in [6, 6.07) is 9.71. The second-order valence-electron chi connectivity index (χ2n) is 13.0. The summed E-state index contributed by atoms with van der Waals surface area (Å²) in [6.07, 6.45) is 14.6. The van der Waals surface area contributed by atoms with Crippen molar-refractivity contribution in [3.63, 3.8) is 0 Å². The van der Waals surface area contributed by atoms with Gasteiger partial charge in [-0.2, -0.15) is 0 Å². The number of unbranched alkanes of at least 4 members (excludes halogenated alkanes) is 4. The Morgan fingerprint density at radius 2 is 1.74 bits per heavy atom. The molecule has 1 aromatic carbocycles. The Kier molecular flexibility index (Phi) is 14.5. The number of aliphatic carboxylic acids is 1. The Morgan fingerprint density at radius 1 is 1.05 bits per heavy atom. The average molecular weight is 561 g/mol. The molecule has 0 radical (unpaired) electrons. The summed E-state index contributed by atoms with van der Waals surface area (Å²) >= 11 is 0. The molecule has 1 aliphatic rings. The minimum Gasteiger partial charge on any atom is -0.479 e. The van der Waals surface area contributed by atoms with E-state index < -0.39 is 20.4 Å². The monoisotopic (exact) mass is 560 g/mol. The molecule has 39 heavy (non-hydrogen) atoms. The van der Waals surface area contributed by atoms with E-state index >= 15 is 0 Å². The van der Waals surface area contributed by atoms with Crippen molar-refractivity contribution in [1.82, 2.24) is 0 Å². The van der Waals surface area contributed by atoms with Crippen molar-refractivity contribution >= 4 is 14.3 Å². The topological polar surface area (TPSA) is 76.0 Å². The van der Waals surface area contributed by atoms with Gasteiger partial charge in [-0.3, -0.25) is 0 Å². The lowest BCUT2D eigenvalue weighted by Crippen LogP contribution is -2.43. The number of aliphatic hydroxyl groups excluding tert-OH is 1. The van der Waals surface area contributed by atoms with Gasteiger partial charge in [0.2, 0.25) is 0 Å². The lowest BCUT2D eigenvalue weighted by molar-refractivity contribution is -0.151. The van der Waals surface area contributed by atoms with Gasteiger partial charge < -0.3 is 19.4 Å². The molecule has 6 heteroatoms. The molecule has 2 rings (SSSR count). The molecule has 2 unspecified atom stereocenters. The predicted octanol–water partition coefficient (Wildman–Crippen LogP) is 8.52. The molecule has 0 saturated heterocycles. The quantitative estimate of drug-likeness (QED) is 0.107. The van der Waals surface area contributed by atoms with Crippen LogP contribution in [0.3, 0.4) is 0 Å². The Balaban J connectivity index is 1.85. The van der Waals surface area contributed by atoms with Crippen molar-refractivity contribution < 1.29 is 24.2 Å². The second kappa shape index (κ2) is 16.7. The number of carboxylic acids is 1. The molecule has 0 aliphatic heterocycles. The van der Waals surface area contributed by atoms with Crippen molar-refractivity contribution in [3.05, 3.63) is 48.0 Å². The number of carboxylic acid groups (broad SMARTS) is 1. The lowest BCUT2D eigenvalue weighted by atomic mass is 9.89. The Morgan fingerprint density at radius 3 is 2.38 bits per heavy atom. The van der Waals surface area contributed by atoms with Crippen LogP contribution in [0.15, 0.2) is 42.5 Å². The van der Waals surface area contributed by atoms with Crippen LogP contribution in [0.5, 0.6) is 0 Å². The van der Waals surface area contributed by atoms with E-state index in [2.05, 4.69) is 52.9 Å². The van der Waals surface area contributed by atoms with Gasteiger partial charge in [-0.25, -0.2) is 4.79 Å². The van der Waals surface area contributed by atoms with Crippen LogP contribution >= 0.6 is 0 Å². The Bertz CT molecular complexity index is 847. The van der Waals surface area contributed by atoms with Gasteiger partial charge in [0.1, 0.15) is 0 Å². The number of aliphatic hydroxyl groups is 1. The number of benzene rings is 1. The maximum Gasteiger partial charge on any atom is 0.332 e.